The number of phenolic OH excluding ortho intramolecular Hbond substituents is 1. The Morgan fingerprint density at radius 3 is 2.51 bits per heavy atom. The molecule has 0 atom stereocenters. The molecule has 39 heavy (non-hydrogen) atoms. The number of ketones is 1. The number of carbonyl (C=O) groups is 1. The number of hydrogen-bond donors (Lipinski definition) is 2. The van der Waals surface area contributed by atoms with Crippen molar-refractivity contribution in [1.29, 1.82) is 5.41 Å². The predicted octanol–water partition coefficient (Wildman–Crippen LogP) is 7.51. The second kappa shape index (κ2) is 12.7. The van der Waals surface area contributed by atoms with Gasteiger partial charge in [0.1, 0.15) is 11.5 Å². The van der Waals surface area contributed by atoms with Gasteiger partial charge in [0.2, 0.25) is 0 Å². The summed E-state index contributed by atoms with van der Waals surface area (Å²) in [6.45, 7) is 2.86. The molecule has 3 aromatic rings. The summed E-state index contributed by atoms with van der Waals surface area (Å²) in [5.41, 5.74) is 3.31. The normalized spacial score (nSPS) is 15.6. The lowest BCUT2D eigenvalue weighted by molar-refractivity contribution is -0.158. The van der Waals surface area contributed by atoms with E-state index in [2.05, 4.69) is 25.6 Å². The molecule has 5 nitrogen and oxygen atoms in total. The number of ether oxygens (including phenoxy) is 1. The lowest BCUT2D eigenvalue weighted by Crippen LogP contribution is -2.29. The van der Waals surface area contributed by atoms with Gasteiger partial charge in [0.15, 0.2) is 5.78 Å². The summed E-state index contributed by atoms with van der Waals surface area (Å²) in [7, 11) is 0. The molecule has 2 N–H and O–H groups in total. The molecular formula is C31H31BrF2N2O3. The van der Waals surface area contributed by atoms with E-state index < -0.39 is 6.11 Å². The molecule has 1 aliphatic heterocycles. The van der Waals surface area contributed by atoms with Crippen LogP contribution >= 0.6 is 15.9 Å². The van der Waals surface area contributed by atoms with Crippen LogP contribution in [0.2, 0.25) is 0 Å². The molecule has 0 bridgehead atoms. The van der Waals surface area contributed by atoms with Crippen LogP contribution in [0.1, 0.15) is 53.2 Å². The van der Waals surface area contributed by atoms with E-state index in [0.29, 0.717) is 60.7 Å². The van der Waals surface area contributed by atoms with Gasteiger partial charge in [-0.1, -0.05) is 52.3 Å². The highest BCUT2D eigenvalue weighted by molar-refractivity contribution is 9.10. The van der Waals surface area contributed by atoms with Crippen LogP contribution in [0.15, 0.2) is 77.3 Å². The number of nitrogens with zero attached hydrogens (tertiary/aromatic N) is 1. The van der Waals surface area contributed by atoms with Crippen LogP contribution in [0.4, 0.5) is 8.78 Å². The monoisotopic (exact) mass is 596 g/mol. The molecule has 0 aliphatic carbocycles. The van der Waals surface area contributed by atoms with Crippen LogP contribution in [0.25, 0.3) is 5.57 Å². The Labute approximate surface area is 235 Å². The van der Waals surface area contributed by atoms with Crippen LogP contribution in [0, 0.1) is 5.41 Å². The van der Waals surface area contributed by atoms with Crippen LogP contribution in [-0.4, -0.2) is 47.2 Å². The standard InChI is InChI=1S/C31H31BrF2N2O3/c1-31(33,34)39-24-13-10-21(11-14-24)25-7-4-17-36(19-16-22-6-2-3-9-29(22)37)18-5-8-28(35)27-20-23(32)12-15-26(27)30(25)38/h2-3,6-7,9-15,20,35,37H,4-5,8,16-19H2,1H3. The molecule has 0 unspecified atom stereocenters. The van der Waals surface area contributed by atoms with Gasteiger partial charge in [-0.2, -0.15) is 8.78 Å². The van der Waals surface area contributed by atoms with E-state index in [1.807, 2.05) is 18.2 Å². The summed E-state index contributed by atoms with van der Waals surface area (Å²) in [6, 6.07) is 18.7. The third-order valence-corrected chi connectivity index (χ3v) is 7.14. The fourth-order valence-corrected chi connectivity index (χ4v) is 5.06. The van der Waals surface area contributed by atoms with E-state index in [1.165, 1.54) is 12.1 Å². The number of hydrogen-bond acceptors (Lipinski definition) is 5. The Morgan fingerprint density at radius 2 is 1.79 bits per heavy atom. The number of nitrogens with one attached hydrogen (secondary N) is 1. The van der Waals surface area contributed by atoms with Crippen molar-refractivity contribution in [3.05, 3.63) is 99.5 Å². The first-order chi connectivity index (χ1) is 18.6. The molecule has 0 radical (unpaired) electrons. The number of benzene rings is 3. The number of phenols is 1. The van der Waals surface area contributed by atoms with Gasteiger partial charge >= 0.3 is 6.11 Å². The summed E-state index contributed by atoms with van der Waals surface area (Å²) < 4.78 is 32.1. The number of rotatable bonds is 6. The summed E-state index contributed by atoms with van der Waals surface area (Å²) >= 11 is 3.47. The molecular weight excluding hydrogens is 566 g/mol. The highest BCUT2D eigenvalue weighted by atomic mass is 79.9. The summed E-state index contributed by atoms with van der Waals surface area (Å²) in [5, 5.41) is 18.9. The molecule has 204 valence electrons. The van der Waals surface area contributed by atoms with Gasteiger partial charge in [-0.05, 0) is 79.8 Å². The van der Waals surface area contributed by atoms with Crippen molar-refractivity contribution in [2.75, 3.05) is 19.6 Å². The number of para-hydroxylation sites is 1. The predicted molar refractivity (Wildman–Crippen MR) is 153 cm³/mol. The largest absolute Gasteiger partial charge is 0.508 e. The Kier molecular flexibility index (Phi) is 9.30. The highest BCUT2D eigenvalue weighted by Gasteiger charge is 2.24. The van der Waals surface area contributed by atoms with Gasteiger partial charge in [0.25, 0.3) is 0 Å². The quantitative estimate of drug-likeness (QED) is 0.309. The SMILES string of the molecule is CC(F)(F)Oc1ccc(C2=CCCN(CCc3ccccc3O)CCCC(=N)c3cc(Br)ccc3C2=O)cc1. The van der Waals surface area contributed by atoms with Crippen molar-refractivity contribution < 1.29 is 23.4 Å². The number of allylic oxidation sites excluding steroid dienone is 1. The average Bonchev–Trinajstić information content (AvgIpc) is 2.89. The Bertz CT molecular complexity index is 1370. The van der Waals surface area contributed by atoms with Crippen LogP contribution in [0.5, 0.6) is 11.5 Å². The van der Waals surface area contributed by atoms with Crippen molar-refractivity contribution in [2.45, 2.75) is 38.7 Å². The van der Waals surface area contributed by atoms with Gasteiger partial charge in [0, 0.05) is 46.9 Å². The zero-order valence-corrected chi connectivity index (χ0v) is 23.3. The van der Waals surface area contributed by atoms with Gasteiger partial charge < -0.3 is 20.2 Å². The lowest BCUT2D eigenvalue weighted by atomic mass is 9.90. The first-order valence-corrected chi connectivity index (χ1v) is 13.7. The van der Waals surface area contributed by atoms with Gasteiger partial charge in [-0.15, -0.1) is 0 Å². The van der Waals surface area contributed by atoms with Crippen molar-refractivity contribution in [2.24, 2.45) is 0 Å². The smallest absolute Gasteiger partial charge is 0.394 e. The van der Waals surface area contributed by atoms with E-state index in [9.17, 15) is 18.7 Å². The minimum atomic E-state index is -3.31. The number of halogens is 3. The fourth-order valence-electron chi connectivity index (χ4n) is 4.70. The molecule has 1 heterocycles. The topological polar surface area (TPSA) is 73.6 Å². The second-order valence-electron chi connectivity index (χ2n) is 9.66. The number of aromatic hydroxyl groups is 1. The first-order valence-electron chi connectivity index (χ1n) is 12.9. The number of Topliss-reactive ketones (excluding diaryl/α,β-unsaturated/α-hetero) is 1. The van der Waals surface area contributed by atoms with E-state index in [4.69, 9.17) is 5.41 Å². The van der Waals surface area contributed by atoms with Crippen molar-refractivity contribution in [3.8, 4) is 11.5 Å². The minimum Gasteiger partial charge on any atom is -0.508 e. The molecule has 0 amide bonds. The van der Waals surface area contributed by atoms with Crippen molar-refractivity contribution >= 4 is 33.0 Å². The van der Waals surface area contributed by atoms with Crippen molar-refractivity contribution in [1.82, 2.24) is 4.90 Å². The molecule has 0 aromatic heterocycles. The molecule has 1 aliphatic rings. The van der Waals surface area contributed by atoms with Gasteiger partial charge in [0.05, 0.1) is 0 Å². The molecule has 4 rings (SSSR count). The maximum atomic E-state index is 13.9. The molecule has 0 saturated carbocycles. The molecule has 0 spiro atoms. The van der Waals surface area contributed by atoms with Crippen LogP contribution < -0.4 is 4.74 Å². The fraction of sp³-hybridized carbons (Fsp3) is 0.290. The van der Waals surface area contributed by atoms with Gasteiger partial charge in [-0.25, -0.2) is 0 Å². The number of carbonyl (C=O) groups excluding carboxylic acids is 1. The Hall–Kier alpha value is -3.36. The average molecular weight is 598 g/mol. The zero-order chi connectivity index (χ0) is 28.0. The second-order valence-corrected chi connectivity index (χ2v) is 10.6. The summed E-state index contributed by atoms with van der Waals surface area (Å²) in [6.07, 6.45) is 1.13. The van der Waals surface area contributed by atoms with Crippen LogP contribution in [0.3, 0.4) is 0 Å². The Morgan fingerprint density at radius 1 is 1.05 bits per heavy atom. The highest BCUT2D eigenvalue weighted by Crippen LogP contribution is 2.29. The summed E-state index contributed by atoms with van der Waals surface area (Å²) in [5.74, 6) is 0.0591. The van der Waals surface area contributed by atoms with Gasteiger partial charge in [-0.3, -0.25) is 4.79 Å². The summed E-state index contributed by atoms with van der Waals surface area (Å²) in [4.78, 5) is 16.2. The van der Waals surface area contributed by atoms with E-state index in [1.54, 1.807) is 42.5 Å². The lowest BCUT2D eigenvalue weighted by Gasteiger charge is -2.23. The number of alkyl halides is 2. The van der Waals surface area contributed by atoms with Crippen LogP contribution in [-0.2, 0) is 6.42 Å². The van der Waals surface area contributed by atoms with E-state index in [0.717, 1.165) is 29.5 Å². The Balaban J connectivity index is 1.65. The molecule has 8 heteroatoms. The molecule has 0 fully saturated rings. The minimum absolute atomic E-state index is 0.00824. The molecule has 3 aromatic carbocycles. The maximum absolute atomic E-state index is 13.9. The van der Waals surface area contributed by atoms with Crippen molar-refractivity contribution in [3.63, 3.8) is 0 Å². The van der Waals surface area contributed by atoms with E-state index >= 15 is 0 Å². The third-order valence-electron chi connectivity index (χ3n) is 6.64. The molecule has 0 saturated heterocycles. The zero-order valence-electron chi connectivity index (χ0n) is 21.7. The first kappa shape index (κ1) is 28.6. The third kappa shape index (κ3) is 7.83. The number of fused-ring (bicyclic) bond motifs is 1. The van der Waals surface area contributed by atoms with E-state index in [-0.39, 0.29) is 17.3 Å². The maximum Gasteiger partial charge on any atom is 0.394 e.